The lowest BCUT2D eigenvalue weighted by molar-refractivity contribution is -0.117. The average Bonchev–Trinajstić information content (AvgIpc) is 3.67. The highest BCUT2D eigenvalue weighted by atomic mass is 16.2. The average molecular weight is 462 g/mol. The Hall–Kier alpha value is -3.43. The number of H-pyrrole nitrogens is 2. The first-order valence-electron chi connectivity index (χ1n) is 12.5. The fraction of sp³-hybridized carbons (Fsp3) is 0.542. The molecule has 3 aromatic rings. The zero-order valence-electron chi connectivity index (χ0n) is 19.3. The number of hydrogen-bond acceptors (Lipinski definition) is 7. The Bertz CT molecular complexity index is 1150. The summed E-state index contributed by atoms with van der Waals surface area (Å²) in [6.45, 7) is 0.757. The summed E-state index contributed by atoms with van der Waals surface area (Å²) in [6.07, 6.45) is 12.7. The molecule has 0 unspecified atom stereocenters. The number of hydrogen-bond donors (Lipinski definition) is 4. The lowest BCUT2D eigenvalue weighted by atomic mass is 9.87. The normalized spacial score (nSPS) is 20.5. The number of amides is 1. The summed E-state index contributed by atoms with van der Waals surface area (Å²) < 4.78 is 0. The van der Waals surface area contributed by atoms with Crippen molar-refractivity contribution in [3.05, 3.63) is 35.3 Å². The van der Waals surface area contributed by atoms with Crippen molar-refractivity contribution in [3.8, 4) is 0 Å². The van der Waals surface area contributed by atoms with Crippen molar-refractivity contribution in [3.63, 3.8) is 0 Å². The third-order valence-electron chi connectivity index (χ3n) is 7.38. The van der Waals surface area contributed by atoms with Crippen molar-refractivity contribution < 1.29 is 4.79 Å². The maximum atomic E-state index is 13.0. The topological polar surface area (TPSA) is 128 Å². The molecule has 4 N–H and O–H groups in total. The first kappa shape index (κ1) is 21.1. The summed E-state index contributed by atoms with van der Waals surface area (Å²) in [4.78, 5) is 24.8. The zero-order valence-corrected chi connectivity index (χ0v) is 19.3. The van der Waals surface area contributed by atoms with Crippen LogP contribution in [0.15, 0.2) is 18.3 Å². The molecule has 4 heterocycles. The minimum absolute atomic E-state index is 0.0650. The number of aromatic amines is 2. The fourth-order valence-electron chi connectivity index (χ4n) is 5.62. The molecule has 0 radical (unpaired) electrons. The molecule has 1 saturated carbocycles. The number of aryl methyl sites for hydroxylation is 1. The molecule has 2 fully saturated rings. The molecular weight excluding hydrogens is 430 g/mol. The Morgan fingerprint density at radius 3 is 2.79 bits per heavy atom. The van der Waals surface area contributed by atoms with Crippen molar-refractivity contribution in [2.75, 3.05) is 22.1 Å². The minimum Gasteiger partial charge on any atom is -0.329 e. The van der Waals surface area contributed by atoms with Crippen molar-refractivity contribution in [1.29, 1.82) is 0 Å². The maximum Gasteiger partial charge on any atom is 0.248 e. The first-order valence-corrected chi connectivity index (χ1v) is 12.5. The van der Waals surface area contributed by atoms with Gasteiger partial charge in [-0.05, 0) is 44.9 Å². The number of anilines is 4. The van der Waals surface area contributed by atoms with E-state index >= 15 is 0 Å². The summed E-state index contributed by atoms with van der Waals surface area (Å²) in [5.41, 5.74) is 3.46. The summed E-state index contributed by atoms with van der Waals surface area (Å²) in [7, 11) is 0. The van der Waals surface area contributed by atoms with E-state index < -0.39 is 0 Å². The standard InChI is InChI=1S/C24H31N9O/c34-23(28-20-11-12-25-31-20)19-10-5-13-33(19)24-26-17-9-4-8-16(17)22(29-24)27-21-14-18(30-32-21)15-6-2-1-3-7-15/h11-12,14-15,19H,1-10,13H2,(H2,25,28,31,34)(H2,26,27,29,30,32)/t19-/m0/s1. The van der Waals surface area contributed by atoms with Crippen LogP contribution in [-0.4, -0.2) is 48.9 Å². The molecule has 6 rings (SSSR count). The second-order valence-corrected chi connectivity index (χ2v) is 9.63. The Kier molecular flexibility index (Phi) is 5.64. The molecule has 0 bridgehead atoms. The number of carbonyl (C=O) groups excluding carboxylic acids is 1. The van der Waals surface area contributed by atoms with Gasteiger partial charge in [0.05, 0.1) is 11.9 Å². The van der Waals surface area contributed by atoms with Crippen molar-refractivity contribution in [1.82, 2.24) is 30.4 Å². The third-order valence-corrected chi connectivity index (χ3v) is 7.38. The SMILES string of the molecule is O=C(Nc1ccn[nH]1)[C@@H]1CCCN1c1nc2c(c(Nc3cc(C4CCCCC4)[nH]n3)n1)CCC2. The van der Waals surface area contributed by atoms with Gasteiger partial charge in [0, 0.05) is 35.9 Å². The molecule has 0 aromatic carbocycles. The second kappa shape index (κ2) is 9.08. The van der Waals surface area contributed by atoms with Crippen LogP contribution in [0.1, 0.15) is 74.2 Å². The van der Waals surface area contributed by atoms with Gasteiger partial charge in [-0.3, -0.25) is 15.0 Å². The number of fused-ring (bicyclic) bond motifs is 1. The lowest BCUT2D eigenvalue weighted by Gasteiger charge is -2.25. The number of aromatic nitrogens is 6. The van der Waals surface area contributed by atoms with Gasteiger partial charge in [0.2, 0.25) is 11.9 Å². The number of rotatable bonds is 6. The molecular formula is C24H31N9O. The van der Waals surface area contributed by atoms with Gasteiger partial charge in [0.15, 0.2) is 5.82 Å². The van der Waals surface area contributed by atoms with E-state index in [-0.39, 0.29) is 11.9 Å². The molecule has 0 spiro atoms. The Balaban J connectivity index is 1.24. The van der Waals surface area contributed by atoms with Crippen LogP contribution < -0.4 is 15.5 Å². The van der Waals surface area contributed by atoms with Crippen LogP contribution in [-0.2, 0) is 17.6 Å². The van der Waals surface area contributed by atoms with E-state index in [1.807, 2.05) is 4.90 Å². The van der Waals surface area contributed by atoms with E-state index in [0.29, 0.717) is 17.7 Å². The van der Waals surface area contributed by atoms with E-state index in [0.717, 1.165) is 56.0 Å². The van der Waals surface area contributed by atoms with Crippen LogP contribution in [0, 0.1) is 0 Å². The van der Waals surface area contributed by atoms with Crippen molar-refractivity contribution >= 4 is 29.3 Å². The van der Waals surface area contributed by atoms with E-state index in [2.05, 4.69) is 37.1 Å². The predicted molar refractivity (Wildman–Crippen MR) is 129 cm³/mol. The summed E-state index contributed by atoms with van der Waals surface area (Å²) >= 11 is 0. The van der Waals surface area contributed by atoms with Gasteiger partial charge in [-0.2, -0.15) is 15.2 Å². The fourth-order valence-corrected chi connectivity index (χ4v) is 5.62. The van der Waals surface area contributed by atoms with Crippen LogP contribution >= 0.6 is 0 Å². The van der Waals surface area contributed by atoms with E-state index in [1.54, 1.807) is 12.3 Å². The molecule has 178 valence electrons. The van der Waals surface area contributed by atoms with Crippen LogP contribution in [0.2, 0.25) is 0 Å². The molecule has 10 nitrogen and oxygen atoms in total. The monoisotopic (exact) mass is 461 g/mol. The molecule has 1 aliphatic heterocycles. The highest BCUT2D eigenvalue weighted by Gasteiger charge is 2.34. The Morgan fingerprint density at radius 2 is 1.94 bits per heavy atom. The quantitative estimate of drug-likeness (QED) is 0.439. The van der Waals surface area contributed by atoms with Gasteiger partial charge in [0.1, 0.15) is 17.7 Å². The molecule has 1 atom stereocenters. The summed E-state index contributed by atoms with van der Waals surface area (Å²) in [5.74, 6) is 3.34. The van der Waals surface area contributed by atoms with E-state index in [1.165, 1.54) is 43.4 Å². The largest absolute Gasteiger partial charge is 0.329 e. The van der Waals surface area contributed by atoms with Gasteiger partial charge in [-0.1, -0.05) is 19.3 Å². The van der Waals surface area contributed by atoms with Crippen molar-refractivity contribution in [2.24, 2.45) is 0 Å². The van der Waals surface area contributed by atoms with Crippen LogP contribution in [0.25, 0.3) is 0 Å². The maximum absolute atomic E-state index is 13.0. The highest BCUT2D eigenvalue weighted by molar-refractivity contribution is 5.96. The summed E-state index contributed by atoms with van der Waals surface area (Å²) in [6, 6.07) is 3.57. The van der Waals surface area contributed by atoms with Gasteiger partial charge >= 0.3 is 0 Å². The zero-order chi connectivity index (χ0) is 22.9. The lowest BCUT2D eigenvalue weighted by Crippen LogP contribution is -2.40. The third kappa shape index (κ3) is 4.12. The molecule has 2 aliphatic carbocycles. The van der Waals surface area contributed by atoms with Gasteiger partial charge in [0.25, 0.3) is 0 Å². The molecule has 1 saturated heterocycles. The molecule has 3 aromatic heterocycles. The Morgan fingerprint density at radius 1 is 1.03 bits per heavy atom. The van der Waals surface area contributed by atoms with E-state index in [4.69, 9.17) is 9.97 Å². The minimum atomic E-state index is -0.307. The molecule has 10 heteroatoms. The van der Waals surface area contributed by atoms with Gasteiger partial charge < -0.3 is 15.5 Å². The summed E-state index contributed by atoms with van der Waals surface area (Å²) in [5, 5.41) is 20.9. The highest BCUT2D eigenvalue weighted by Crippen LogP contribution is 2.35. The molecule has 1 amide bonds. The molecule has 34 heavy (non-hydrogen) atoms. The molecule has 3 aliphatic rings. The Labute approximate surface area is 198 Å². The smallest absolute Gasteiger partial charge is 0.248 e. The van der Waals surface area contributed by atoms with Gasteiger partial charge in [-0.25, -0.2) is 4.98 Å². The first-order chi connectivity index (χ1) is 16.7. The van der Waals surface area contributed by atoms with Crippen LogP contribution in [0.4, 0.5) is 23.4 Å². The number of nitrogens with zero attached hydrogens (tertiary/aromatic N) is 5. The van der Waals surface area contributed by atoms with Crippen LogP contribution in [0.3, 0.4) is 0 Å². The van der Waals surface area contributed by atoms with Crippen molar-refractivity contribution in [2.45, 2.75) is 76.2 Å². The predicted octanol–water partition coefficient (Wildman–Crippen LogP) is 3.81. The number of nitrogens with one attached hydrogen (secondary N) is 4. The van der Waals surface area contributed by atoms with Crippen LogP contribution in [0.5, 0.6) is 0 Å². The van der Waals surface area contributed by atoms with Gasteiger partial charge in [-0.15, -0.1) is 0 Å². The van der Waals surface area contributed by atoms with E-state index in [9.17, 15) is 4.79 Å². The second-order valence-electron chi connectivity index (χ2n) is 9.63. The number of carbonyl (C=O) groups is 1.